The lowest BCUT2D eigenvalue weighted by molar-refractivity contribution is 0.306. The highest BCUT2D eigenvalue weighted by atomic mass is 16.5. The van der Waals surface area contributed by atoms with E-state index in [1.807, 2.05) is 61.8 Å². The van der Waals surface area contributed by atoms with E-state index < -0.39 is 0 Å². The fraction of sp³-hybridized carbons (Fsp3) is 0.125. The van der Waals surface area contributed by atoms with E-state index >= 15 is 0 Å². The lowest BCUT2D eigenvalue weighted by Gasteiger charge is -2.10. The van der Waals surface area contributed by atoms with Crippen LogP contribution in [0.3, 0.4) is 0 Å². The second kappa shape index (κ2) is 8.44. The molecule has 1 N–H and O–H groups in total. The Hall–Kier alpha value is -3.53. The highest BCUT2D eigenvalue weighted by Gasteiger charge is 2.08. The van der Waals surface area contributed by atoms with Crippen LogP contribution in [0.15, 0.2) is 91.1 Å². The zero-order chi connectivity index (χ0) is 19.2. The van der Waals surface area contributed by atoms with E-state index in [4.69, 9.17) is 4.74 Å². The molecule has 4 nitrogen and oxygen atoms in total. The Balaban J connectivity index is 1.40. The van der Waals surface area contributed by atoms with Crippen LogP contribution in [0.2, 0.25) is 0 Å². The van der Waals surface area contributed by atoms with E-state index in [-0.39, 0.29) is 0 Å². The second-order valence-electron chi connectivity index (χ2n) is 6.67. The minimum atomic E-state index is 0.567. The van der Waals surface area contributed by atoms with E-state index in [1.54, 1.807) is 0 Å². The molecule has 3 aromatic carbocycles. The zero-order valence-electron chi connectivity index (χ0n) is 15.9. The van der Waals surface area contributed by atoms with Crippen LogP contribution in [0.5, 0.6) is 5.75 Å². The van der Waals surface area contributed by atoms with Crippen LogP contribution >= 0.6 is 0 Å². The SMILES string of the molecule is Cn1c(-c2ccccc2)cnc1NCc1cccc(OCc2ccccc2)c1. The number of imidazole rings is 1. The number of hydrogen-bond acceptors (Lipinski definition) is 3. The van der Waals surface area contributed by atoms with Gasteiger partial charge in [-0.25, -0.2) is 4.98 Å². The number of rotatable bonds is 7. The molecule has 4 aromatic rings. The van der Waals surface area contributed by atoms with Crippen molar-refractivity contribution in [2.75, 3.05) is 5.32 Å². The van der Waals surface area contributed by atoms with E-state index in [1.165, 1.54) is 0 Å². The van der Waals surface area contributed by atoms with E-state index in [0.717, 1.165) is 34.1 Å². The first kappa shape index (κ1) is 17.9. The molecule has 0 unspecified atom stereocenters. The van der Waals surface area contributed by atoms with Gasteiger partial charge in [0.15, 0.2) is 0 Å². The Morgan fingerprint density at radius 1 is 0.857 bits per heavy atom. The van der Waals surface area contributed by atoms with Crippen LogP contribution in [0.4, 0.5) is 5.95 Å². The summed E-state index contributed by atoms with van der Waals surface area (Å²) in [6.45, 7) is 1.25. The molecule has 0 aliphatic carbocycles. The van der Waals surface area contributed by atoms with Gasteiger partial charge in [0.05, 0.1) is 11.9 Å². The molecule has 0 spiro atoms. The summed E-state index contributed by atoms with van der Waals surface area (Å²) in [5, 5.41) is 3.42. The van der Waals surface area contributed by atoms with Crippen LogP contribution in [-0.4, -0.2) is 9.55 Å². The van der Waals surface area contributed by atoms with Crippen molar-refractivity contribution in [2.24, 2.45) is 7.05 Å². The Labute approximate surface area is 165 Å². The summed E-state index contributed by atoms with van der Waals surface area (Å²) in [6, 6.07) is 28.6. The summed E-state index contributed by atoms with van der Waals surface area (Å²) in [5.74, 6) is 1.71. The maximum atomic E-state index is 5.92. The Morgan fingerprint density at radius 2 is 1.57 bits per heavy atom. The molecule has 0 saturated heterocycles. The smallest absolute Gasteiger partial charge is 0.203 e. The molecule has 0 radical (unpaired) electrons. The van der Waals surface area contributed by atoms with Gasteiger partial charge in [-0.1, -0.05) is 72.8 Å². The molecule has 4 rings (SSSR count). The minimum Gasteiger partial charge on any atom is -0.489 e. The normalized spacial score (nSPS) is 10.6. The fourth-order valence-electron chi connectivity index (χ4n) is 3.12. The van der Waals surface area contributed by atoms with Gasteiger partial charge in [0.2, 0.25) is 5.95 Å². The summed E-state index contributed by atoms with van der Waals surface area (Å²) in [5.41, 5.74) is 4.55. The molecule has 1 heterocycles. The van der Waals surface area contributed by atoms with Crippen LogP contribution in [0.1, 0.15) is 11.1 Å². The van der Waals surface area contributed by atoms with Gasteiger partial charge in [-0.2, -0.15) is 0 Å². The molecule has 0 amide bonds. The third-order valence-electron chi connectivity index (χ3n) is 4.66. The minimum absolute atomic E-state index is 0.567. The van der Waals surface area contributed by atoms with Crippen molar-refractivity contribution < 1.29 is 4.74 Å². The van der Waals surface area contributed by atoms with Gasteiger partial charge >= 0.3 is 0 Å². The van der Waals surface area contributed by atoms with Gasteiger partial charge in [-0.3, -0.25) is 0 Å². The summed E-state index contributed by atoms with van der Waals surface area (Å²) in [4.78, 5) is 4.53. The predicted molar refractivity (Wildman–Crippen MR) is 113 cm³/mol. The van der Waals surface area contributed by atoms with Crippen LogP contribution in [-0.2, 0) is 20.2 Å². The van der Waals surface area contributed by atoms with Gasteiger partial charge in [0, 0.05) is 13.6 Å². The molecule has 0 bridgehead atoms. The van der Waals surface area contributed by atoms with Gasteiger partial charge in [-0.15, -0.1) is 0 Å². The van der Waals surface area contributed by atoms with Crippen molar-refractivity contribution in [3.8, 4) is 17.0 Å². The van der Waals surface area contributed by atoms with E-state index in [0.29, 0.717) is 13.2 Å². The zero-order valence-corrected chi connectivity index (χ0v) is 15.9. The van der Waals surface area contributed by atoms with Crippen molar-refractivity contribution in [3.63, 3.8) is 0 Å². The monoisotopic (exact) mass is 369 g/mol. The molecular formula is C24H23N3O. The third kappa shape index (κ3) is 4.23. The van der Waals surface area contributed by atoms with Crippen molar-refractivity contribution >= 4 is 5.95 Å². The quantitative estimate of drug-likeness (QED) is 0.482. The van der Waals surface area contributed by atoms with E-state index in [9.17, 15) is 0 Å². The number of hydrogen-bond donors (Lipinski definition) is 1. The first-order valence-electron chi connectivity index (χ1n) is 9.36. The first-order valence-corrected chi connectivity index (χ1v) is 9.36. The lowest BCUT2D eigenvalue weighted by atomic mass is 10.2. The lowest BCUT2D eigenvalue weighted by Crippen LogP contribution is -2.06. The third-order valence-corrected chi connectivity index (χ3v) is 4.66. The average molecular weight is 369 g/mol. The molecule has 0 atom stereocenters. The molecule has 28 heavy (non-hydrogen) atoms. The maximum absolute atomic E-state index is 5.92. The van der Waals surface area contributed by atoms with Gasteiger partial charge in [0.25, 0.3) is 0 Å². The maximum Gasteiger partial charge on any atom is 0.203 e. The largest absolute Gasteiger partial charge is 0.489 e. The number of nitrogens with zero attached hydrogens (tertiary/aromatic N) is 2. The highest BCUT2D eigenvalue weighted by molar-refractivity contribution is 5.61. The number of benzene rings is 3. The Bertz CT molecular complexity index is 1030. The number of ether oxygens (including phenoxy) is 1. The molecule has 1 aromatic heterocycles. The van der Waals surface area contributed by atoms with Gasteiger partial charge < -0.3 is 14.6 Å². The summed E-state index contributed by atoms with van der Waals surface area (Å²) >= 11 is 0. The molecule has 0 saturated carbocycles. The summed E-state index contributed by atoms with van der Waals surface area (Å²) in [7, 11) is 2.02. The van der Waals surface area contributed by atoms with Crippen molar-refractivity contribution in [2.45, 2.75) is 13.2 Å². The number of aromatic nitrogens is 2. The highest BCUT2D eigenvalue weighted by Crippen LogP contribution is 2.22. The van der Waals surface area contributed by atoms with Gasteiger partial charge in [-0.05, 0) is 28.8 Å². The van der Waals surface area contributed by atoms with Crippen molar-refractivity contribution in [1.29, 1.82) is 0 Å². The molecule has 0 aliphatic rings. The topological polar surface area (TPSA) is 39.1 Å². The van der Waals surface area contributed by atoms with Crippen LogP contribution < -0.4 is 10.1 Å². The predicted octanol–water partition coefficient (Wildman–Crippen LogP) is 5.28. The summed E-state index contributed by atoms with van der Waals surface area (Å²) < 4.78 is 8.00. The fourth-order valence-corrected chi connectivity index (χ4v) is 3.12. The van der Waals surface area contributed by atoms with Crippen LogP contribution in [0.25, 0.3) is 11.3 Å². The molecule has 0 fully saturated rings. The molecule has 4 heteroatoms. The average Bonchev–Trinajstić information content (AvgIpc) is 3.13. The van der Waals surface area contributed by atoms with Crippen molar-refractivity contribution in [3.05, 3.63) is 102 Å². The number of nitrogens with one attached hydrogen (secondary N) is 1. The number of anilines is 1. The summed E-state index contributed by atoms with van der Waals surface area (Å²) in [6.07, 6.45) is 1.90. The first-order chi connectivity index (χ1) is 13.8. The van der Waals surface area contributed by atoms with Crippen LogP contribution in [0, 0.1) is 0 Å². The Kier molecular flexibility index (Phi) is 5.38. The van der Waals surface area contributed by atoms with Crippen molar-refractivity contribution in [1.82, 2.24) is 9.55 Å². The second-order valence-corrected chi connectivity index (χ2v) is 6.67. The Morgan fingerprint density at radius 3 is 2.36 bits per heavy atom. The van der Waals surface area contributed by atoms with E-state index in [2.05, 4.69) is 51.3 Å². The van der Waals surface area contributed by atoms with Gasteiger partial charge in [0.1, 0.15) is 12.4 Å². The molecular weight excluding hydrogens is 346 g/mol. The molecule has 0 aliphatic heterocycles. The molecule has 140 valence electrons. The standard InChI is InChI=1S/C24H23N3O/c1-27-23(21-12-6-3-7-13-21)17-26-24(27)25-16-20-11-8-14-22(15-20)28-18-19-9-4-2-5-10-19/h2-15,17H,16,18H2,1H3,(H,25,26).